The predicted molar refractivity (Wildman–Crippen MR) is 96.7 cm³/mol. The number of amides is 4. The summed E-state index contributed by atoms with van der Waals surface area (Å²) in [6, 6.07) is 4.72. The first-order valence-corrected chi connectivity index (χ1v) is 8.04. The van der Waals surface area contributed by atoms with Crippen molar-refractivity contribution in [1.82, 2.24) is 16.2 Å². The lowest BCUT2D eigenvalue weighted by atomic mass is 10.1. The molecule has 0 saturated heterocycles. The van der Waals surface area contributed by atoms with E-state index >= 15 is 0 Å². The van der Waals surface area contributed by atoms with Crippen molar-refractivity contribution >= 4 is 23.5 Å². The molecule has 0 aliphatic rings. The van der Waals surface area contributed by atoms with E-state index in [2.05, 4.69) is 21.5 Å². The lowest BCUT2D eigenvalue weighted by molar-refractivity contribution is -0.115. The van der Waals surface area contributed by atoms with E-state index in [9.17, 15) is 14.4 Å². The first-order valence-electron chi connectivity index (χ1n) is 8.04. The van der Waals surface area contributed by atoms with Crippen molar-refractivity contribution in [3.8, 4) is 0 Å². The summed E-state index contributed by atoms with van der Waals surface area (Å²) in [5.74, 6) is -0.443. The molecule has 0 atom stereocenters. The maximum absolute atomic E-state index is 12.0. The van der Waals surface area contributed by atoms with Crippen LogP contribution in [-0.4, -0.2) is 24.4 Å². The lowest BCUT2D eigenvalue weighted by Gasteiger charge is -2.13. The molecule has 0 radical (unpaired) electrons. The topological polar surface area (TPSA) is 112 Å². The highest BCUT2D eigenvalue weighted by Crippen LogP contribution is 2.21. The molecule has 4 amide bonds. The second kappa shape index (κ2) is 8.19. The molecule has 1 aromatic carbocycles. The first-order chi connectivity index (χ1) is 12.3. The minimum atomic E-state index is -0.702. The molecular formula is C18H22N4O4. The average Bonchev–Trinajstić information content (AvgIpc) is 3.00. The summed E-state index contributed by atoms with van der Waals surface area (Å²) >= 11 is 0. The van der Waals surface area contributed by atoms with Crippen LogP contribution >= 0.6 is 0 Å². The van der Waals surface area contributed by atoms with Crippen LogP contribution in [0.1, 0.15) is 32.8 Å². The van der Waals surface area contributed by atoms with Crippen LogP contribution < -0.4 is 21.5 Å². The van der Waals surface area contributed by atoms with Crippen LogP contribution in [0.5, 0.6) is 0 Å². The van der Waals surface area contributed by atoms with Crippen molar-refractivity contribution in [2.24, 2.45) is 0 Å². The van der Waals surface area contributed by atoms with Crippen LogP contribution in [0.4, 0.5) is 10.5 Å². The molecule has 0 aliphatic carbocycles. The highest BCUT2D eigenvalue weighted by atomic mass is 16.3. The molecule has 0 spiro atoms. The third kappa shape index (κ3) is 4.85. The molecule has 8 heteroatoms. The highest BCUT2D eigenvalue weighted by Gasteiger charge is 2.13. The van der Waals surface area contributed by atoms with Gasteiger partial charge >= 0.3 is 6.03 Å². The van der Waals surface area contributed by atoms with Crippen molar-refractivity contribution in [1.29, 1.82) is 0 Å². The standard InChI is InChI=1S/C18H22N4O4/c1-10-7-11(2)16(12(3)8-10)20-15(23)9-19-18(25)22-21-17(24)14-5-6-26-13(14)4/h5-8H,9H2,1-4H3,(H,20,23)(H,21,24)(H2,19,22,25). The van der Waals surface area contributed by atoms with Crippen molar-refractivity contribution in [3.63, 3.8) is 0 Å². The zero-order valence-corrected chi connectivity index (χ0v) is 15.1. The molecule has 0 aliphatic heterocycles. The second-order valence-corrected chi connectivity index (χ2v) is 5.97. The number of rotatable bonds is 4. The third-order valence-corrected chi connectivity index (χ3v) is 3.74. The van der Waals surface area contributed by atoms with Crippen molar-refractivity contribution < 1.29 is 18.8 Å². The van der Waals surface area contributed by atoms with Crippen LogP contribution in [0.25, 0.3) is 0 Å². The fraction of sp³-hybridized carbons (Fsp3) is 0.278. The van der Waals surface area contributed by atoms with E-state index in [1.165, 1.54) is 12.3 Å². The van der Waals surface area contributed by atoms with Gasteiger partial charge in [-0.05, 0) is 44.9 Å². The van der Waals surface area contributed by atoms with E-state index in [1.807, 2.05) is 32.9 Å². The van der Waals surface area contributed by atoms with Crippen LogP contribution in [0.15, 0.2) is 28.9 Å². The summed E-state index contributed by atoms with van der Waals surface area (Å²) in [6.45, 7) is 7.19. The Balaban J connectivity index is 1.79. The van der Waals surface area contributed by atoms with Crippen molar-refractivity contribution in [2.75, 3.05) is 11.9 Å². The number of aryl methyl sites for hydroxylation is 4. The van der Waals surface area contributed by atoms with Crippen LogP contribution in [-0.2, 0) is 4.79 Å². The molecule has 1 aromatic heterocycles. The fourth-order valence-corrected chi connectivity index (χ4v) is 2.57. The van der Waals surface area contributed by atoms with Crippen molar-refractivity contribution in [3.05, 3.63) is 52.5 Å². The maximum atomic E-state index is 12.0. The normalized spacial score (nSPS) is 10.2. The largest absolute Gasteiger partial charge is 0.469 e. The Hall–Kier alpha value is -3.29. The number of carbonyl (C=O) groups excluding carboxylic acids is 3. The maximum Gasteiger partial charge on any atom is 0.333 e. The zero-order chi connectivity index (χ0) is 19.3. The van der Waals surface area contributed by atoms with E-state index in [4.69, 9.17) is 4.42 Å². The van der Waals surface area contributed by atoms with Gasteiger partial charge in [-0.3, -0.25) is 15.0 Å². The summed E-state index contributed by atoms with van der Waals surface area (Å²) in [6.07, 6.45) is 1.38. The first kappa shape index (κ1) is 19.0. The van der Waals surface area contributed by atoms with Gasteiger partial charge in [0.25, 0.3) is 5.91 Å². The number of hydrogen-bond donors (Lipinski definition) is 4. The van der Waals surface area contributed by atoms with E-state index in [-0.39, 0.29) is 12.5 Å². The summed E-state index contributed by atoms with van der Waals surface area (Å²) in [4.78, 5) is 35.5. The predicted octanol–water partition coefficient (Wildman–Crippen LogP) is 2.10. The van der Waals surface area contributed by atoms with Gasteiger partial charge in [-0.25, -0.2) is 10.2 Å². The van der Waals surface area contributed by atoms with Crippen molar-refractivity contribution in [2.45, 2.75) is 27.7 Å². The minimum Gasteiger partial charge on any atom is -0.469 e. The summed E-state index contributed by atoms with van der Waals surface area (Å²) < 4.78 is 5.01. The number of hydrogen-bond acceptors (Lipinski definition) is 4. The van der Waals surface area contributed by atoms with Gasteiger partial charge < -0.3 is 15.1 Å². The van der Waals surface area contributed by atoms with Crippen LogP contribution in [0, 0.1) is 27.7 Å². The molecular weight excluding hydrogens is 336 g/mol. The molecule has 0 fully saturated rings. The van der Waals surface area contributed by atoms with Gasteiger partial charge in [0, 0.05) is 5.69 Å². The van der Waals surface area contributed by atoms with Gasteiger partial charge in [-0.1, -0.05) is 17.7 Å². The summed E-state index contributed by atoms with van der Waals surface area (Å²) in [5.41, 5.74) is 8.45. The Labute approximate surface area is 151 Å². The molecule has 2 rings (SSSR count). The molecule has 1 heterocycles. The number of anilines is 1. The van der Waals surface area contributed by atoms with E-state index in [1.54, 1.807) is 6.92 Å². The van der Waals surface area contributed by atoms with Gasteiger partial charge in [0.05, 0.1) is 18.4 Å². The highest BCUT2D eigenvalue weighted by molar-refractivity contribution is 5.97. The molecule has 2 aromatic rings. The monoisotopic (exact) mass is 358 g/mol. The number of benzene rings is 1. The SMILES string of the molecule is Cc1cc(C)c(NC(=O)CNC(=O)NNC(=O)c2ccoc2C)c(C)c1. The molecule has 8 nitrogen and oxygen atoms in total. The second-order valence-electron chi connectivity index (χ2n) is 5.97. The number of hydrazine groups is 1. The van der Waals surface area contributed by atoms with Crippen LogP contribution in [0.3, 0.4) is 0 Å². The Morgan fingerprint density at radius 2 is 1.65 bits per heavy atom. The number of furan rings is 1. The Morgan fingerprint density at radius 3 is 2.23 bits per heavy atom. The summed E-state index contributed by atoms with van der Waals surface area (Å²) in [7, 11) is 0. The molecule has 0 saturated carbocycles. The quantitative estimate of drug-likeness (QED) is 0.627. The molecule has 4 N–H and O–H groups in total. The molecule has 0 unspecified atom stereocenters. The van der Waals surface area contributed by atoms with Gasteiger partial charge in [-0.2, -0.15) is 0 Å². The van der Waals surface area contributed by atoms with E-state index in [0.29, 0.717) is 11.3 Å². The molecule has 26 heavy (non-hydrogen) atoms. The van der Waals surface area contributed by atoms with Gasteiger partial charge in [0.2, 0.25) is 5.91 Å². The Kier molecular flexibility index (Phi) is 6.00. The number of urea groups is 1. The van der Waals surface area contributed by atoms with Gasteiger partial charge in [0.15, 0.2) is 0 Å². The van der Waals surface area contributed by atoms with E-state index in [0.717, 1.165) is 22.4 Å². The van der Waals surface area contributed by atoms with Gasteiger partial charge in [-0.15, -0.1) is 0 Å². The number of nitrogens with one attached hydrogen (secondary N) is 4. The third-order valence-electron chi connectivity index (χ3n) is 3.74. The smallest absolute Gasteiger partial charge is 0.333 e. The van der Waals surface area contributed by atoms with Crippen LogP contribution in [0.2, 0.25) is 0 Å². The molecule has 138 valence electrons. The zero-order valence-electron chi connectivity index (χ0n) is 15.1. The Bertz CT molecular complexity index is 818. The molecule has 0 bridgehead atoms. The Morgan fingerprint density at radius 1 is 1.00 bits per heavy atom. The fourth-order valence-electron chi connectivity index (χ4n) is 2.57. The van der Waals surface area contributed by atoms with E-state index < -0.39 is 11.9 Å². The average molecular weight is 358 g/mol. The lowest BCUT2D eigenvalue weighted by Crippen LogP contribution is -2.48. The van der Waals surface area contributed by atoms with Gasteiger partial charge in [0.1, 0.15) is 5.76 Å². The minimum absolute atomic E-state index is 0.237. The number of carbonyl (C=O) groups is 3. The summed E-state index contributed by atoms with van der Waals surface area (Å²) in [5, 5.41) is 5.14.